The van der Waals surface area contributed by atoms with E-state index in [-0.39, 0.29) is 0 Å². The Labute approximate surface area is 105 Å². The molecule has 17 heavy (non-hydrogen) atoms. The van der Waals surface area contributed by atoms with Gasteiger partial charge in [-0.3, -0.25) is 0 Å². The normalized spacial score (nSPS) is 11.2. The van der Waals surface area contributed by atoms with Gasteiger partial charge in [0.25, 0.3) is 0 Å². The van der Waals surface area contributed by atoms with Gasteiger partial charge in [0.05, 0.1) is 0 Å². The van der Waals surface area contributed by atoms with Crippen LogP contribution in [0.4, 0.5) is 0 Å². The molecule has 0 unspecified atom stereocenters. The quantitative estimate of drug-likeness (QED) is 0.762. The Bertz CT molecular complexity index is 345. The minimum atomic E-state index is 0.516. The van der Waals surface area contributed by atoms with Crippen LogP contribution in [-0.4, -0.2) is 19.2 Å². The van der Waals surface area contributed by atoms with E-state index in [1.807, 2.05) is 0 Å². The van der Waals surface area contributed by atoms with Gasteiger partial charge in [-0.1, -0.05) is 33.8 Å². The third kappa shape index (κ3) is 5.22. The Kier molecular flexibility index (Phi) is 5.49. The first-order valence-corrected chi connectivity index (χ1v) is 6.47. The van der Waals surface area contributed by atoms with E-state index < -0.39 is 0 Å². The molecule has 1 rings (SSSR count). The molecule has 0 amide bonds. The molecular formula is C15H25NO. The molecule has 0 radical (unpaired) electrons. The summed E-state index contributed by atoms with van der Waals surface area (Å²) in [6, 6.07) is 6.99. The van der Waals surface area contributed by atoms with E-state index in [0.29, 0.717) is 12.0 Å². The van der Waals surface area contributed by atoms with Gasteiger partial charge in [-0.25, -0.2) is 0 Å². The first-order valence-electron chi connectivity index (χ1n) is 6.47. The van der Waals surface area contributed by atoms with Crippen LogP contribution in [0.2, 0.25) is 0 Å². The van der Waals surface area contributed by atoms with Gasteiger partial charge in [0.15, 0.2) is 0 Å². The zero-order valence-corrected chi connectivity index (χ0v) is 11.7. The number of aryl methyl sites for hydroxylation is 1. The van der Waals surface area contributed by atoms with Gasteiger partial charge in [0.1, 0.15) is 12.4 Å². The fraction of sp³-hybridized carbons (Fsp3) is 0.600. The van der Waals surface area contributed by atoms with Crippen molar-refractivity contribution in [3.63, 3.8) is 0 Å². The molecule has 96 valence electrons. The van der Waals surface area contributed by atoms with Crippen LogP contribution in [0.15, 0.2) is 18.2 Å². The molecule has 2 heteroatoms. The standard InChI is InChI=1S/C15H25NO/c1-11(2)14-8-13(5)9-15(10-14)17-7-6-16-12(3)4/h8-12,16H,6-7H2,1-5H3. The molecule has 0 heterocycles. The molecule has 1 aromatic carbocycles. The highest BCUT2D eigenvalue weighted by Crippen LogP contribution is 2.22. The Morgan fingerprint density at radius 1 is 1.12 bits per heavy atom. The highest BCUT2D eigenvalue weighted by atomic mass is 16.5. The van der Waals surface area contributed by atoms with E-state index in [4.69, 9.17) is 4.74 Å². The van der Waals surface area contributed by atoms with Crippen LogP contribution in [0, 0.1) is 6.92 Å². The van der Waals surface area contributed by atoms with Gasteiger partial charge in [-0.15, -0.1) is 0 Å². The van der Waals surface area contributed by atoms with Gasteiger partial charge >= 0.3 is 0 Å². The molecule has 0 spiro atoms. The molecule has 0 bridgehead atoms. The smallest absolute Gasteiger partial charge is 0.119 e. The molecular weight excluding hydrogens is 210 g/mol. The number of hydrogen-bond donors (Lipinski definition) is 1. The van der Waals surface area contributed by atoms with Crippen molar-refractivity contribution in [2.45, 2.75) is 46.6 Å². The maximum atomic E-state index is 5.77. The number of rotatable bonds is 6. The Hall–Kier alpha value is -1.02. The minimum absolute atomic E-state index is 0.516. The fourth-order valence-electron chi connectivity index (χ4n) is 1.71. The SMILES string of the molecule is Cc1cc(OCCNC(C)C)cc(C(C)C)c1. The summed E-state index contributed by atoms with van der Waals surface area (Å²) in [5.41, 5.74) is 2.61. The van der Waals surface area contributed by atoms with Crippen molar-refractivity contribution in [3.05, 3.63) is 29.3 Å². The molecule has 0 aliphatic carbocycles. The summed E-state index contributed by atoms with van der Waals surface area (Å²) in [6.07, 6.45) is 0. The zero-order chi connectivity index (χ0) is 12.8. The Morgan fingerprint density at radius 3 is 2.41 bits per heavy atom. The van der Waals surface area contributed by atoms with Gasteiger partial charge in [0, 0.05) is 12.6 Å². The van der Waals surface area contributed by atoms with E-state index in [1.165, 1.54) is 11.1 Å². The van der Waals surface area contributed by atoms with Crippen molar-refractivity contribution in [1.82, 2.24) is 5.32 Å². The molecule has 0 aliphatic rings. The van der Waals surface area contributed by atoms with Gasteiger partial charge in [-0.05, 0) is 36.1 Å². The third-order valence-electron chi connectivity index (χ3n) is 2.66. The van der Waals surface area contributed by atoms with Crippen molar-refractivity contribution in [1.29, 1.82) is 0 Å². The molecule has 0 aliphatic heterocycles. The molecule has 0 aromatic heterocycles. The average Bonchev–Trinajstić information content (AvgIpc) is 2.23. The number of ether oxygens (including phenoxy) is 1. The average molecular weight is 235 g/mol. The fourth-order valence-corrected chi connectivity index (χ4v) is 1.71. The summed E-state index contributed by atoms with van der Waals surface area (Å²) in [5.74, 6) is 1.53. The number of nitrogens with one attached hydrogen (secondary N) is 1. The lowest BCUT2D eigenvalue weighted by atomic mass is 10.0. The largest absolute Gasteiger partial charge is 0.492 e. The predicted molar refractivity (Wildman–Crippen MR) is 73.9 cm³/mol. The van der Waals surface area contributed by atoms with Crippen LogP contribution < -0.4 is 10.1 Å². The van der Waals surface area contributed by atoms with Crippen molar-refractivity contribution >= 4 is 0 Å². The summed E-state index contributed by atoms with van der Waals surface area (Å²) < 4.78 is 5.77. The van der Waals surface area contributed by atoms with E-state index in [1.54, 1.807) is 0 Å². The first-order chi connectivity index (χ1) is 7.99. The predicted octanol–water partition coefficient (Wildman–Crippen LogP) is 3.50. The summed E-state index contributed by atoms with van der Waals surface area (Å²) in [4.78, 5) is 0. The van der Waals surface area contributed by atoms with Crippen LogP contribution in [-0.2, 0) is 0 Å². The van der Waals surface area contributed by atoms with Crippen LogP contribution >= 0.6 is 0 Å². The second-order valence-electron chi connectivity index (χ2n) is 5.19. The van der Waals surface area contributed by atoms with Crippen molar-refractivity contribution in [3.8, 4) is 5.75 Å². The summed E-state index contributed by atoms with van der Waals surface area (Å²) in [7, 11) is 0. The van der Waals surface area contributed by atoms with Crippen molar-refractivity contribution < 1.29 is 4.74 Å². The topological polar surface area (TPSA) is 21.3 Å². The Balaban J connectivity index is 2.53. The molecule has 0 fully saturated rings. The second kappa shape index (κ2) is 6.65. The van der Waals surface area contributed by atoms with E-state index >= 15 is 0 Å². The molecule has 0 saturated carbocycles. The zero-order valence-electron chi connectivity index (χ0n) is 11.7. The summed E-state index contributed by atoms with van der Waals surface area (Å²) >= 11 is 0. The number of hydrogen-bond acceptors (Lipinski definition) is 2. The van der Waals surface area contributed by atoms with E-state index in [0.717, 1.165) is 18.9 Å². The maximum absolute atomic E-state index is 5.77. The van der Waals surface area contributed by atoms with E-state index in [2.05, 4.69) is 58.1 Å². The lowest BCUT2D eigenvalue weighted by Gasteiger charge is -2.13. The van der Waals surface area contributed by atoms with Crippen LogP contribution in [0.25, 0.3) is 0 Å². The third-order valence-corrected chi connectivity index (χ3v) is 2.66. The maximum Gasteiger partial charge on any atom is 0.119 e. The summed E-state index contributed by atoms with van der Waals surface area (Å²) in [5, 5.41) is 3.34. The van der Waals surface area contributed by atoms with Crippen molar-refractivity contribution in [2.75, 3.05) is 13.2 Å². The molecule has 2 nitrogen and oxygen atoms in total. The highest BCUT2D eigenvalue weighted by molar-refractivity contribution is 5.35. The van der Waals surface area contributed by atoms with Gasteiger partial charge in [-0.2, -0.15) is 0 Å². The molecule has 0 atom stereocenters. The van der Waals surface area contributed by atoms with Crippen molar-refractivity contribution in [2.24, 2.45) is 0 Å². The molecule has 1 aromatic rings. The monoisotopic (exact) mass is 235 g/mol. The highest BCUT2D eigenvalue weighted by Gasteiger charge is 2.03. The number of benzene rings is 1. The van der Waals surface area contributed by atoms with Gasteiger partial charge < -0.3 is 10.1 Å². The van der Waals surface area contributed by atoms with Crippen LogP contribution in [0.5, 0.6) is 5.75 Å². The lowest BCUT2D eigenvalue weighted by Crippen LogP contribution is -2.27. The molecule has 0 saturated heterocycles. The van der Waals surface area contributed by atoms with Crippen LogP contribution in [0.3, 0.4) is 0 Å². The first kappa shape index (κ1) is 14.0. The van der Waals surface area contributed by atoms with Gasteiger partial charge in [0.2, 0.25) is 0 Å². The summed E-state index contributed by atoms with van der Waals surface area (Å²) in [6.45, 7) is 12.4. The molecule has 1 N–H and O–H groups in total. The second-order valence-corrected chi connectivity index (χ2v) is 5.19. The lowest BCUT2D eigenvalue weighted by molar-refractivity contribution is 0.308. The Morgan fingerprint density at radius 2 is 1.82 bits per heavy atom. The van der Waals surface area contributed by atoms with E-state index in [9.17, 15) is 0 Å². The minimum Gasteiger partial charge on any atom is -0.492 e. The van der Waals surface area contributed by atoms with Crippen LogP contribution in [0.1, 0.15) is 44.7 Å².